The first-order chi connectivity index (χ1) is 10.8. The number of carbonyl (C=O) groups excluding carboxylic acids is 2. The quantitative estimate of drug-likeness (QED) is 0.517. The second kappa shape index (κ2) is 10.6. The molecule has 0 saturated heterocycles. The molecule has 0 heterocycles. The molecule has 2 atom stereocenters. The van der Waals surface area contributed by atoms with Crippen LogP contribution in [0.3, 0.4) is 0 Å². The minimum atomic E-state index is -1.08. The Morgan fingerprint density at radius 1 is 1.30 bits per heavy atom. The van der Waals surface area contributed by atoms with Gasteiger partial charge in [0.2, 0.25) is 11.8 Å². The van der Waals surface area contributed by atoms with Gasteiger partial charge < -0.3 is 21.5 Å². The summed E-state index contributed by atoms with van der Waals surface area (Å²) in [5, 5.41) is 12.1. The molecule has 1 aromatic rings. The molecule has 2 amide bonds. The summed E-state index contributed by atoms with van der Waals surface area (Å²) in [4.78, 5) is 33.9. The van der Waals surface area contributed by atoms with E-state index in [1.54, 1.807) is 0 Å². The van der Waals surface area contributed by atoms with Gasteiger partial charge in [0.15, 0.2) is 0 Å². The molecule has 8 heteroatoms. The van der Waals surface area contributed by atoms with Crippen molar-refractivity contribution >= 4 is 30.2 Å². The smallest absolute Gasteiger partial charge is 0.303 e. The maximum Gasteiger partial charge on any atom is 0.303 e. The Balaban J connectivity index is 0.00000529. The highest BCUT2D eigenvalue weighted by Crippen LogP contribution is 2.00. The zero-order valence-electron chi connectivity index (χ0n) is 13.8. The van der Waals surface area contributed by atoms with Crippen molar-refractivity contribution in [2.75, 3.05) is 0 Å². The van der Waals surface area contributed by atoms with Crippen LogP contribution in [0.1, 0.15) is 25.3 Å². The summed E-state index contributed by atoms with van der Waals surface area (Å²) in [7, 11) is 0. The molecule has 0 bridgehead atoms. The molecule has 128 valence electrons. The number of hydrogen-bond acceptors (Lipinski definition) is 4. The molecule has 0 spiro atoms. The van der Waals surface area contributed by atoms with Gasteiger partial charge in [-0.05, 0) is 18.9 Å². The number of primary amides is 1. The fourth-order valence-corrected chi connectivity index (χ4v) is 1.75. The van der Waals surface area contributed by atoms with Crippen LogP contribution in [0.15, 0.2) is 30.3 Å². The molecule has 0 aromatic heterocycles. The first kappa shape index (κ1) is 18.9. The SMILES string of the molecule is Cl.[2H]N(Cc1ccccc1)[C@@H](C)C(=O)N[C@@H](CCC(=O)O)C(N)=O. The Hall–Kier alpha value is -2.12. The summed E-state index contributed by atoms with van der Waals surface area (Å²) in [5.74, 6) is -2.43. The Bertz CT molecular complexity index is 559. The van der Waals surface area contributed by atoms with Gasteiger partial charge in [0.25, 0.3) is 0 Å². The first-order valence-electron chi connectivity index (χ1n) is 7.37. The van der Waals surface area contributed by atoms with E-state index in [9.17, 15) is 14.4 Å². The predicted octanol–water partition coefficient (Wildman–Crippen LogP) is 0.421. The third kappa shape index (κ3) is 8.18. The van der Waals surface area contributed by atoms with Crippen molar-refractivity contribution in [1.82, 2.24) is 10.6 Å². The molecule has 23 heavy (non-hydrogen) atoms. The molecule has 0 fully saturated rings. The standard InChI is InChI=1S/C15H21N3O4.ClH/c1-10(17-9-11-5-3-2-4-6-11)15(22)18-12(14(16)21)7-8-13(19)20;/h2-6,10,12,17H,7-9H2,1H3,(H2,16,21)(H,18,22)(H,19,20);1H/t10-,12-;/m0./s1/i/hD. The van der Waals surface area contributed by atoms with Crippen LogP contribution in [0.4, 0.5) is 0 Å². The van der Waals surface area contributed by atoms with Gasteiger partial charge in [0, 0.05) is 13.0 Å². The number of amides is 2. The van der Waals surface area contributed by atoms with Crippen molar-refractivity contribution < 1.29 is 20.9 Å². The Morgan fingerprint density at radius 3 is 2.43 bits per heavy atom. The lowest BCUT2D eigenvalue weighted by atomic mass is 10.1. The molecule has 5 N–H and O–H groups in total. The van der Waals surface area contributed by atoms with Gasteiger partial charge in [0.1, 0.15) is 7.45 Å². The Morgan fingerprint density at radius 2 is 1.91 bits per heavy atom. The van der Waals surface area contributed by atoms with Gasteiger partial charge in [-0.15, -0.1) is 12.4 Å². The summed E-state index contributed by atoms with van der Waals surface area (Å²) in [5.41, 5.74) is 6.04. The normalized spacial score (nSPS) is 13.4. The number of halogens is 1. The number of carboxylic acid groups (broad SMARTS) is 1. The lowest BCUT2D eigenvalue weighted by Crippen LogP contribution is -2.50. The molecule has 0 aliphatic rings. The van der Waals surface area contributed by atoms with E-state index in [1.165, 1.54) is 6.92 Å². The predicted molar refractivity (Wildman–Crippen MR) is 88.0 cm³/mol. The second-order valence-electron chi connectivity index (χ2n) is 4.90. The molecule has 0 radical (unpaired) electrons. The van der Waals surface area contributed by atoms with Gasteiger partial charge >= 0.3 is 5.97 Å². The summed E-state index contributed by atoms with van der Waals surface area (Å²) in [6.07, 6.45) is -0.364. The molecule has 7 nitrogen and oxygen atoms in total. The van der Waals surface area contributed by atoms with Crippen LogP contribution in [0, 0.1) is 0 Å². The van der Waals surface area contributed by atoms with Crippen LogP contribution in [-0.2, 0) is 20.9 Å². The summed E-state index contributed by atoms with van der Waals surface area (Å²) < 4.78 is 7.93. The monoisotopic (exact) mass is 344 g/mol. The van der Waals surface area contributed by atoms with Crippen molar-refractivity contribution in [2.24, 2.45) is 5.73 Å². The van der Waals surface area contributed by atoms with E-state index >= 15 is 0 Å². The van der Waals surface area contributed by atoms with Gasteiger partial charge in [-0.25, -0.2) is 0 Å². The molecule has 1 rings (SSSR count). The number of nitrogens with one attached hydrogen (secondary N) is 2. The number of benzene rings is 1. The van der Waals surface area contributed by atoms with E-state index in [0.29, 0.717) is 0 Å². The summed E-state index contributed by atoms with van der Waals surface area (Å²) >= 11 is 0. The zero-order valence-corrected chi connectivity index (χ0v) is 13.6. The highest BCUT2D eigenvalue weighted by atomic mass is 35.5. The molecular weight excluding hydrogens is 322 g/mol. The highest BCUT2D eigenvalue weighted by Gasteiger charge is 2.22. The maximum absolute atomic E-state index is 12.1. The average Bonchev–Trinajstić information content (AvgIpc) is 2.50. The van der Waals surface area contributed by atoms with Crippen molar-refractivity contribution in [2.45, 2.75) is 38.4 Å². The van der Waals surface area contributed by atoms with E-state index in [1.807, 2.05) is 30.3 Å². The molecular formula is C15H22ClN3O4. The molecule has 0 unspecified atom stereocenters. The number of aliphatic carboxylic acids is 1. The van der Waals surface area contributed by atoms with Gasteiger partial charge in [-0.1, -0.05) is 30.3 Å². The third-order valence-corrected chi connectivity index (χ3v) is 3.08. The summed E-state index contributed by atoms with van der Waals surface area (Å²) in [6, 6.07) is 7.32. The van der Waals surface area contributed by atoms with E-state index < -0.39 is 29.9 Å². The molecule has 0 aliphatic carbocycles. The summed E-state index contributed by atoms with van der Waals surface area (Å²) in [6.45, 7) is 1.77. The number of carbonyl (C=O) groups is 3. The van der Waals surface area contributed by atoms with E-state index in [2.05, 4.69) is 5.32 Å². The van der Waals surface area contributed by atoms with E-state index in [0.717, 1.165) is 10.9 Å². The second-order valence-corrected chi connectivity index (χ2v) is 4.90. The fourth-order valence-electron chi connectivity index (χ4n) is 1.75. The number of carboxylic acids is 1. The van der Waals surface area contributed by atoms with E-state index in [-0.39, 0.29) is 31.8 Å². The largest absolute Gasteiger partial charge is 0.481 e. The van der Waals surface area contributed by atoms with Crippen LogP contribution in [-0.4, -0.2) is 35.0 Å². The Labute approximate surface area is 142 Å². The average molecular weight is 345 g/mol. The lowest BCUT2D eigenvalue weighted by Gasteiger charge is -2.19. The minimum Gasteiger partial charge on any atom is -0.481 e. The maximum atomic E-state index is 12.1. The van der Waals surface area contributed by atoms with Crippen LogP contribution in [0.25, 0.3) is 0 Å². The lowest BCUT2D eigenvalue weighted by molar-refractivity contribution is -0.137. The van der Waals surface area contributed by atoms with Crippen molar-refractivity contribution in [3.8, 4) is 0 Å². The fraction of sp³-hybridized carbons (Fsp3) is 0.400. The number of rotatable bonds is 9. The van der Waals surface area contributed by atoms with Crippen LogP contribution in [0.2, 0.25) is 1.41 Å². The third-order valence-electron chi connectivity index (χ3n) is 3.08. The molecule has 0 saturated carbocycles. The van der Waals surface area contributed by atoms with Crippen molar-refractivity contribution in [3.63, 3.8) is 0 Å². The van der Waals surface area contributed by atoms with Gasteiger partial charge in [-0.2, -0.15) is 0 Å². The number of hydrogen-bond donors (Lipinski definition) is 4. The first-order valence-corrected chi connectivity index (χ1v) is 6.92. The molecule has 1 aromatic carbocycles. The van der Waals surface area contributed by atoms with Crippen molar-refractivity contribution in [1.29, 1.82) is 0 Å². The van der Waals surface area contributed by atoms with Crippen LogP contribution >= 0.6 is 12.4 Å². The van der Waals surface area contributed by atoms with Crippen LogP contribution < -0.4 is 16.4 Å². The van der Waals surface area contributed by atoms with E-state index in [4.69, 9.17) is 12.3 Å². The zero-order chi connectivity index (χ0) is 17.4. The van der Waals surface area contributed by atoms with Gasteiger partial charge in [-0.3, -0.25) is 14.4 Å². The van der Waals surface area contributed by atoms with Gasteiger partial charge in [0.05, 0.1) is 6.04 Å². The van der Waals surface area contributed by atoms with Crippen molar-refractivity contribution in [3.05, 3.63) is 35.9 Å². The Kier molecular flexibility index (Phi) is 8.71. The topological polar surface area (TPSA) is 122 Å². The highest BCUT2D eigenvalue weighted by molar-refractivity contribution is 5.89. The van der Waals surface area contributed by atoms with Crippen LogP contribution in [0.5, 0.6) is 0 Å². The minimum absolute atomic E-state index is 0. The molecule has 0 aliphatic heterocycles. The number of nitrogens with two attached hydrogens (primary N) is 1.